The minimum Gasteiger partial charge on any atom is -0.331 e. The van der Waals surface area contributed by atoms with Gasteiger partial charge in [-0.1, -0.05) is 0 Å². The molecule has 0 saturated carbocycles. The van der Waals surface area contributed by atoms with Crippen LogP contribution in [0.4, 0.5) is 0 Å². The Morgan fingerprint density at radius 2 is 2.33 bits per heavy atom. The highest BCUT2D eigenvalue weighted by atomic mass is 32.2. The predicted molar refractivity (Wildman–Crippen MR) is 28.5 cm³/mol. The predicted octanol–water partition coefficient (Wildman–Crippen LogP) is -0.784. The molecule has 0 amide bonds. The molecule has 5 nitrogen and oxygen atoms in total. The van der Waals surface area contributed by atoms with E-state index in [4.69, 9.17) is 0 Å². The third-order valence-corrected chi connectivity index (χ3v) is 1.17. The highest BCUT2D eigenvalue weighted by Gasteiger charge is 1.77. The minimum absolute atomic E-state index is 0.155. The van der Waals surface area contributed by atoms with Gasteiger partial charge in [0.15, 0.2) is 0 Å². The van der Waals surface area contributed by atoms with Crippen LogP contribution in [-0.2, 0) is 10.3 Å². The van der Waals surface area contributed by atoms with Crippen LogP contribution in [0.5, 0.6) is 0 Å². The average Bonchev–Trinajstić information content (AvgIpc) is 1.90. The van der Waals surface area contributed by atoms with Gasteiger partial charge < -0.3 is 4.98 Å². The number of H-pyrrole nitrogens is 1. The van der Waals surface area contributed by atoms with Crippen molar-refractivity contribution in [1.82, 2.24) is 15.2 Å². The standard InChI is InChI=1S/C3H3N3O2S/c7-9(8)3-4-1-2-5-6-3/h1-2,4H. The molecular formula is C3H3N3O2S. The van der Waals surface area contributed by atoms with Crippen molar-refractivity contribution in [2.24, 2.45) is 0 Å². The molecular weight excluding hydrogens is 142 g/mol. The summed E-state index contributed by atoms with van der Waals surface area (Å²) in [6.45, 7) is 0. The van der Waals surface area contributed by atoms with Crippen molar-refractivity contribution in [2.45, 2.75) is 0 Å². The molecule has 9 heavy (non-hydrogen) atoms. The molecule has 0 radical (unpaired) electrons. The quantitative estimate of drug-likeness (QED) is 0.486. The van der Waals surface area contributed by atoms with E-state index in [1.54, 1.807) is 0 Å². The topological polar surface area (TPSA) is 75.7 Å². The number of nitrogens with one attached hydrogen (secondary N) is 1. The van der Waals surface area contributed by atoms with E-state index in [1.807, 2.05) is 0 Å². The molecule has 0 unspecified atom stereocenters. The SMILES string of the molecule is O=S(=O)=c1nncc[nH]1. The van der Waals surface area contributed by atoms with Gasteiger partial charge in [0.1, 0.15) is 0 Å². The van der Waals surface area contributed by atoms with E-state index >= 15 is 0 Å². The number of rotatable bonds is 0. The molecule has 0 aromatic carbocycles. The van der Waals surface area contributed by atoms with Gasteiger partial charge in [0.2, 0.25) is 0 Å². The van der Waals surface area contributed by atoms with Crippen LogP contribution in [0.2, 0.25) is 0 Å². The third kappa shape index (κ3) is 1.36. The van der Waals surface area contributed by atoms with Gasteiger partial charge in [-0.05, 0) is 0 Å². The van der Waals surface area contributed by atoms with Crippen molar-refractivity contribution in [1.29, 1.82) is 0 Å². The molecule has 0 bridgehead atoms. The lowest BCUT2D eigenvalue weighted by molar-refractivity contribution is 0.622. The molecule has 1 rings (SSSR count). The minimum atomic E-state index is -2.31. The molecule has 0 saturated heterocycles. The van der Waals surface area contributed by atoms with E-state index in [2.05, 4.69) is 15.2 Å². The van der Waals surface area contributed by atoms with E-state index in [0.717, 1.165) is 0 Å². The summed E-state index contributed by atoms with van der Waals surface area (Å²) >= 11 is 0. The van der Waals surface area contributed by atoms with Gasteiger partial charge in [0.25, 0.3) is 15.1 Å². The Kier molecular flexibility index (Phi) is 1.59. The Balaban J connectivity index is 3.67. The summed E-state index contributed by atoms with van der Waals surface area (Å²) in [5.41, 5.74) is 0. The van der Waals surface area contributed by atoms with Crippen molar-refractivity contribution in [3.05, 3.63) is 17.2 Å². The normalized spacial score (nSPS) is 8.89. The summed E-state index contributed by atoms with van der Waals surface area (Å²) < 4.78 is 20.0. The molecule has 0 spiro atoms. The van der Waals surface area contributed by atoms with Crippen LogP contribution in [0.1, 0.15) is 0 Å². The first kappa shape index (κ1) is 5.96. The first-order chi connectivity index (χ1) is 4.30. The Morgan fingerprint density at radius 1 is 1.56 bits per heavy atom. The van der Waals surface area contributed by atoms with Gasteiger partial charge in [-0.3, -0.25) is 0 Å². The zero-order valence-electron chi connectivity index (χ0n) is 4.27. The summed E-state index contributed by atoms with van der Waals surface area (Å²) in [5.74, 6) is 0. The van der Waals surface area contributed by atoms with E-state index in [9.17, 15) is 8.42 Å². The fraction of sp³-hybridized carbons (Fsp3) is 0. The monoisotopic (exact) mass is 145 g/mol. The molecule has 1 N–H and O–H groups in total. The Morgan fingerprint density at radius 3 is 2.67 bits per heavy atom. The van der Waals surface area contributed by atoms with Gasteiger partial charge in [0.05, 0.1) is 6.20 Å². The molecule has 0 aliphatic carbocycles. The van der Waals surface area contributed by atoms with Crippen LogP contribution in [0.3, 0.4) is 0 Å². The van der Waals surface area contributed by atoms with Gasteiger partial charge in [-0.25, -0.2) is 0 Å². The lowest BCUT2D eigenvalue weighted by Gasteiger charge is -1.74. The lowest BCUT2D eigenvalue weighted by atomic mass is 10.9. The Bertz CT molecular complexity index is 326. The van der Waals surface area contributed by atoms with Crippen LogP contribution in [0.15, 0.2) is 12.4 Å². The molecule has 1 aromatic heterocycles. The molecule has 0 aliphatic heterocycles. The number of aromatic amines is 1. The third-order valence-electron chi connectivity index (χ3n) is 0.654. The fourth-order valence-electron chi connectivity index (χ4n) is 0.338. The highest BCUT2D eigenvalue weighted by molar-refractivity contribution is 7.63. The van der Waals surface area contributed by atoms with Crippen molar-refractivity contribution in [2.75, 3.05) is 0 Å². The van der Waals surface area contributed by atoms with Crippen LogP contribution >= 0.6 is 0 Å². The van der Waals surface area contributed by atoms with E-state index in [1.165, 1.54) is 12.4 Å². The molecule has 1 aromatic rings. The summed E-state index contributed by atoms with van der Waals surface area (Å²) in [7, 11) is -2.31. The second-order valence-corrected chi connectivity index (χ2v) is 2.07. The molecule has 48 valence electrons. The second-order valence-electron chi connectivity index (χ2n) is 1.22. The van der Waals surface area contributed by atoms with Crippen LogP contribution in [0.25, 0.3) is 0 Å². The Labute approximate surface area is 51.9 Å². The average molecular weight is 145 g/mol. The molecule has 0 aliphatic rings. The van der Waals surface area contributed by atoms with Crippen LogP contribution < -0.4 is 0 Å². The second kappa shape index (κ2) is 2.40. The van der Waals surface area contributed by atoms with Crippen molar-refractivity contribution < 1.29 is 8.42 Å². The first-order valence-corrected chi connectivity index (χ1v) is 3.17. The van der Waals surface area contributed by atoms with Gasteiger partial charge in [-0.2, -0.15) is 13.5 Å². The van der Waals surface area contributed by atoms with Gasteiger partial charge >= 0.3 is 0 Å². The molecule has 6 heteroatoms. The maximum atomic E-state index is 10.1. The molecule has 0 atom stereocenters. The van der Waals surface area contributed by atoms with Gasteiger partial charge in [-0.15, -0.1) is 5.10 Å². The van der Waals surface area contributed by atoms with Crippen LogP contribution in [-0.4, -0.2) is 23.6 Å². The summed E-state index contributed by atoms with van der Waals surface area (Å²) in [5, 5.41) is 6.59. The Hall–Kier alpha value is -1.17. The largest absolute Gasteiger partial charge is 0.331 e. The lowest BCUT2D eigenvalue weighted by Crippen LogP contribution is -1.84. The zero-order chi connectivity index (χ0) is 6.69. The van der Waals surface area contributed by atoms with Crippen LogP contribution in [0, 0.1) is 4.77 Å². The highest BCUT2D eigenvalue weighted by Crippen LogP contribution is 1.66. The fourth-order valence-corrected chi connectivity index (χ4v) is 0.616. The van der Waals surface area contributed by atoms with Crippen molar-refractivity contribution >= 4 is 10.3 Å². The smallest absolute Gasteiger partial charge is 0.273 e. The zero-order valence-corrected chi connectivity index (χ0v) is 5.09. The van der Waals surface area contributed by atoms with Crippen molar-refractivity contribution in [3.8, 4) is 0 Å². The molecule has 1 heterocycles. The van der Waals surface area contributed by atoms with E-state index in [-0.39, 0.29) is 4.77 Å². The maximum absolute atomic E-state index is 10.1. The molecule has 0 fully saturated rings. The maximum Gasteiger partial charge on any atom is 0.273 e. The number of nitrogens with zero attached hydrogens (tertiary/aromatic N) is 2. The van der Waals surface area contributed by atoms with Gasteiger partial charge in [0, 0.05) is 6.20 Å². The van der Waals surface area contributed by atoms with Crippen molar-refractivity contribution in [3.63, 3.8) is 0 Å². The number of hydrogen-bond acceptors (Lipinski definition) is 4. The summed E-state index contributed by atoms with van der Waals surface area (Å²) in [6.07, 6.45) is 2.74. The van der Waals surface area contributed by atoms with E-state index in [0.29, 0.717) is 0 Å². The summed E-state index contributed by atoms with van der Waals surface area (Å²) in [4.78, 5) is 2.38. The number of aromatic nitrogens is 3. The van der Waals surface area contributed by atoms with E-state index < -0.39 is 10.3 Å². The number of hydrogen-bond donors (Lipinski definition) is 1. The first-order valence-electron chi connectivity index (χ1n) is 2.09. The summed E-state index contributed by atoms with van der Waals surface area (Å²) in [6, 6.07) is 0.